The van der Waals surface area contributed by atoms with E-state index in [-0.39, 0.29) is 28.0 Å². The first-order chi connectivity index (χ1) is 15.5. The summed E-state index contributed by atoms with van der Waals surface area (Å²) >= 11 is 1.10. The monoisotopic (exact) mass is 493 g/mol. The molecule has 4 rings (SSSR count). The van der Waals surface area contributed by atoms with Gasteiger partial charge < -0.3 is 9.64 Å². The Balaban J connectivity index is 1.79. The maximum atomic E-state index is 14.0. The van der Waals surface area contributed by atoms with Crippen molar-refractivity contribution in [2.24, 2.45) is 5.14 Å². The van der Waals surface area contributed by atoms with Gasteiger partial charge in [0.2, 0.25) is 10.0 Å². The van der Waals surface area contributed by atoms with Gasteiger partial charge in [0.15, 0.2) is 16.6 Å². The molecule has 2 atom stereocenters. The van der Waals surface area contributed by atoms with Crippen LogP contribution in [0.3, 0.4) is 0 Å². The number of sulfonamides is 1. The summed E-state index contributed by atoms with van der Waals surface area (Å²) in [6, 6.07) is 9.12. The Hall–Kier alpha value is -2.73. The first-order valence-corrected chi connectivity index (χ1v) is 12.4. The second-order valence-corrected chi connectivity index (χ2v) is 10.4. The number of primary sulfonamides is 1. The van der Waals surface area contributed by atoms with Crippen molar-refractivity contribution in [2.45, 2.75) is 31.0 Å². The van der Waals surface area contributed by atoms with Gasteiger partial charge in [-0.15, -0.1) is 11.3 Å². The Bertz CT molecular complexity index is 1300. The number of ether oxygens (including phenoxy) is 1. The number of aromatic nitrogens is 1. The molecule has 0 bridgehead atoms. The van der Waals surface area contributed by atoms with E-state index in [0.29, 0.717) is 34.8 Å². The van der Waals surface area contributed by atoms with Crippen LogP contribution in [0.15, 0.2) is 47.4 Å². The van der Waals surface area contributed by atoms with Crippen molar-refractivity contribution < 1.29 is 26.7 Å². The van der Waals surface area contributed by atoms with Crippen LogP contribution < -0.4 is 5.14 Å². The maximum absolute atomic E-state index is 14.0. The molecule has 11 heteroatoms. The molecule has 7 nitrogen and oxygen atoms in total. The Morgan fingerprint density at radius 2 is 1.67 bits per heavy atom. The zero-order valence-electron chi connectivity index (χ0n) is 17.8. The second-order valence-electron chi connectivity index (χ2n) is 7.86. The summed E-state index contributed by atoms with van der Waals surface area (Å²) < 4.78 is 56.3. The summed E-state index contributed by atoms with van der Waals surface area (Å²) in [5.41, 5.74) is 1.14. The Morgan fingerprint density at radius 3 is 2.24 bits per heavy atom. The average molecular weight is 494 g/mol. The molecule has 2 unspecified atom stereocenters. The van der Waals surface area contributed by atoms with Gasteiger partial charge in [-0.2, -0.15) is 0 Å². The minimum Gasteiger partial charge on any atom is -0.372 e. The number of carbonyl (C=O) groups excluding carboxylic acids is 1. The first kappa shape index (κ1) is 23.4. The normalized spacial score (nSPS) is 19.0. The number of hydrogen-bond acceptors (Lipinski definition) is 6. The van der Waals surface area contributed by atoms with Crippen molar-refractivity contribution in [2.75, 3.05) is 13.1 Å². The molecule has 0 radical (unpaired) electrons. The Labute approximate surface area is 193 Å². The highest BCUT2D eigenvalue weighted by Crippen LogP contribution is 2.38. The molecule has 174 valence electrons. The van der Waals surface area contributed by atoms with Gasteiger partial charge in [-0.25, -0.2) is 27.3 Å². The van der Waals surface area contributed by atoms with Crippen molar-refractivity contribution in [1.29, 1.82) is 0 Å². The molecule has 33 heavy (non-hydrogen) atoms. The largest absolute Gasteiger partial charge is 0.372 e. The molecule has 0 saturated carbocycles. The highest BCUT2D eigenvalue weighted by atomic mass is 32.2. The molecule has 0 aliphatic carbocycles. The Kier molecular flexibility index (Phi) is 6.32. The lowest BCUT2D eigenvalue weighted by Crippen LogP contribution is -2.48. The number of nitrogens with two attached hydrogens (primary N) is 1. The lowest BCUT2D eigenvalue weighted by Gasteiger charge is -2.34. The van der Waals surface area contributed by atoms with E-state index in [4.69, 9.17) is 9.88 Å². The fourth-order valence-electron chi connectivity index (χ4n) is 3.72. The summed E-state index contributed by atoms with van der Waals surface area (Å²) in [5, 5.41) is 5.35. The maximum Gasteiger partial charge on any atom is 0.283 e. The zero-order valence-corrected chi connectivity index (χ0v) is 19.4. The highest BCUT2D eigenvalue weighted by molar-refractivity contribution is 7.89. The first-order valence-electron chi connectivity index (χ1n) is 10.1. The quantitative estimate of drug-likeness (QED) is 0.598. The molecule has 0 spiro atoms. The van der Waals surface area contributed by atoms with Gasteiger partial charge in [-0.05, 0) is 49.7 Å². The molecule has 2 aromatic carbocycles. The standard InChI is InChI=1S/C22H21F2N3O4S2/c1-12-10-27(11-13(2)31-12)22(28)21-26-19(15-5-8-17(23)18(24)9-15)20(32-21)14-3-6-16(7-4-14)33(25,29)30/h3-9,12-13H,10-11H2,1-2H3,(H2,25,29,30). The molecule has 1 aliphatic rings. The molecule has 1 amide bonds. The van der Waals surface area contributed by atoms with Crippen LogP contribution in [0.2, 0.25) is 0 Å². The van der Waals surface area contributed by atoms with Crippen LogP contribution in [0.5, 0.6) is 0 Å². The van der Waals surface area contributed by atoms with Gasteiger partial charge >= 0.3 is 0 Å². The number of carbonyl (C=O) groups is 1. The summed E-state index contributed by atoms with van der Waals surface area (Å²) in [7, 11) is -3.88. The van der Waals surface area contributed by atoms with Crippen molar-refractivity contribution in [3.63, 3.8) is 0 Å². The van der Waals surface area contributed by atoms with Crippen LogP contribution in [0.4, 0.5) is 8.78 Å². The van der Waals surface area contributed by atoms with Crippen LogP contribution in [0.1, 0.15) is 23.6 Å². The summed E-state index contributed by atoms with van der Waals surface area (Å²) in [4.78, 5) is 19.8. The SMILES string of the molecule is CC1CN(C(=O)c2nc(-c3ccc(F)c(F)c3)c(-c3ccc(S(N)(=O)=O)cc3)s2)CC(C)O1. The van der Waals surface area contributed by atoms with Crippen LogP contribution >= 0.6 is 11.3 Å². The van der Waals surface area contributed by atoms with Crippen LogP contribution in [0.25, 0.3) is 21.7 Å². The van der Waals surface area contributed by atoms with Gasteiger partial charge in [0.1, 0.15) is 0 Å². The zero-order chi connectivity index (χ0) is 23.9. The number of rotatable bonds is 4. The number of hydrogen-bond donors (Lipinski definition) is 1. The Morgan fingerprint density at radius 1 is 1.06 bits per heavy atom. The van der Waals surface area contributed by atoms with Crippen molar-refractivity contribution >= 4 is 27.3 Å². The highest BCUT2D eigenvalue weighted by Gasteiger charge is 2.30. The van der Waals surface area contributed by atoms with Crippen LogP contribution in [0, 0.1) is 11.6 Å². The molecule has 1 aliphatic heterocycles. The third kappa shape index (κ3) is 4.96. The predicted octanol–water partition coefficient (Wildman–Crippen LogP) is 3.65. The third-order valence-electron chi connectivity index (χ3n) is 5.16. The van der Waals surface area contributed by atoms with E-state index in [1.807, 2.05) is 13.8 Å². The number of halogens is 2. The smallest absolute Gasteiger partial charge is 0.283 e. The fraction of sp³-hybridized carbons (Fsp3) is 0.273. The number of amides is 1. The minimum absolute atomic E-state index is 0.0715. The minimum atomic E-state index is -3.88. The number of nitrogens with zero attached hydrogens (tertiary/aromatic N) is 2. The average Bonchev–Trinajstić information content (AvgIpc) is 3.19. The number of morpholine rings is 1. The van der Waals surface area contributed by atoms with E-state index < -0.39 is 21.7 Å². The van der Waals surface area contributed by atoms with E-state index in [9.17, 15) is 22.0 Å². The molecular weight excluding hydrogens is 472 g/mol. The topological polar surface area (TPSA) is 103 Å². The molecule has 1 aromatic heterocycles. The van der Waals surface area contributed by atoms with Gasteiger partial charge in [0.05, 0.1) is 27.7 Å². The number of benzene rings is 2. The molecule has 1 saturated heterocycles. The van der Waals surface area contributed by atoms with Crippen LogP contribution in [-0.2, 0) is 14.8 Å². The summed E-state index contributed by atoms with van der Waals surface area (Å²) in [6.07, 6.45) is -0.262. The molecular formula is C22H21F2N3O4S2. The predicted molar refractivity (Wildman–Crippen MR) is 120 cm³/mol. The third-order valence-corrected chi connectivity index (χ3v) is 7.18. The van der Waals surface area contributed by atoms with E-state index in [1.54, 1.807) is 4.90 Å². The van der Waals surface area contributed by atoms with E-state index >= 15 is 0 Å². The molecule has 2 N–H and O–H groups in total. The van der Waals surface area contributed by atoms with E-state index in [1.165, 1.54) is 30.3 Å². The summed E-state index contributed by atoms with van der Waals surface area (Å²) in [5.74, 6) is -2.33. The summed E-state index contributed by atoms with van der Waals surface area (Å²) in [6.45, 7) is 4.56. The molecule has 3 aromatic rings. The van der Waals surface area contributed by atoms with Crippen molar-refractivity contribution in [1.82, 2.24) is 9.88 Å². The van der Waals surface area contributed by atoms with Gasteiger partial charge in [-0.1, -0.05) is 12.1 Å². The van der Waals surface area contributed by atoms with E-state index in [2.05, 4.69) is 4.98 Å². The fourth-order valence-corrected chi connectivity index (χ4v) is 5.30. The van der Waals surface area contributed by atoms with Gasteiger partial charge in [0, 0.05) is 18.7 Å². The van der Waals surface area contributed by atoms with Crippen molar-refractivity contribution in [3.05, 3.63) is 59.1 Å². The number of thiazole rings is 1. The van der Waals surface area contributed by atoms with Gasteiger partial charge in [0.25, 0.3) is 5.91 Å². The van der Waals surface area contributed by atoms with E-state index in [0.717, 1.165) is 23.5 Å². The van der Waals surface area contributed by atoms with Crippen LogP contribution in [-0.4, -0.2) is 49.5 Å². The lowest BCUT2D eigenvalue weighted by atomic mass is 10.1. The molecule has 1 fully saturated rings. The lowest BCUT2D eigenvalue weighted by molar-refractivity contribution is -0.0586. The molecule has 2 heterocycles. The second kappa shape index (κ2) is 8.90. The van der Waals surface area contributed by atoms with Gasteiger partial charge in [-0.3, -0.25) is 4.79 Å². The van der Waals surface area contributed by atoms with Crippen molar-refractivity contribution in [3.8, 4) is 21.7 Å².